The fourth-order valence-corrected chi connectivity index (χ4v) is 1.53. The number of nitrogens with one attached hydrogen (secondary N) is 2. The molecule has 0 bridgehead atoms. The molecule has 0 saturated carbocycles. The summed E-state index contributed by atoms with van der Waals surface area (Å²) >= 11 is 0. The first-order valence-corrected chi connectivity index (χ1v) is 5.22. The second kappa shape index (κ2) is 5.03. The van der Waals surface area contributed by atoms with Crippen molar-refractivity contribution < 1.29 is 19.1 Å². The number of hydrogen-bond acceptors (Lipinski definition) is 4. The van der Waals surface area contributed by atoms with E-state index in [1.165, 1.54) is 7.11 Å². The fraction of sp³-hybridized carbons (Fsp3) is 0.364. The Kier molecular flexibility index (Phi) is 3.46. The first-order valence-electron chi connectivity index (χ1n) is 5.22. The summed E-state index contributed by atoms with van der Waals surface area (Å²) in [6.07, 6.45) is 0.840. The molecule has 2 aromatic rings. The van der Waals surface area contributed by atoms with E-state index in [-0.39, 0.29) is 19.1 Å². The SMILES string of the molecule is COCC(O)CNC(=O)c1cc2occc2[nH]1. The van der Waals surface area contributed by atoms with Crippen LogP contribution in [-0.2, 0) is 4.74 Å². The van der Waals surface area contributed by atoms with Crippen LogP contribution in [0.4, 0.5) is 0 Å². The number of methoxy groups -OCH3 is 1. The Morgan fingerprint density at radius 3 is 3.24 bits per heavy atom. The van der Waals surface area contributed by atoms with Gasteiger partial charge in [-0.2, -0.15) is 0 Å². The summed E-state index contributed by atoms with van der Waals surface area (Å²) < 4.78 is 9.89. The van der Waals surface area contributed by atoms with Crippen molar-refractivity contribution in [2.45, 2.75) is 6.10 Å². The van der Waals surface area contributed by atoms with Crippen LogP contribution in [-0.4, -0.2) is 42.4 Å². The van der Waals surface area contributed by atoms with E-state index in [0.29, 0.717) is 11.3 Å². The number of aromatic amines is 1. The van der Waals surface area contributed by atoms with Gasteiger partial charge in [-0.3, -0.25) is 4.79 Å². The highest BCUT2D eigenvalue weighted by atomic mass is 16.5. The summed E-state index contributed by atoms with van der Waals surface area (Å²) in [5.41, 5.74) is 1.81. The molecule has 0 aliphatic carbocycles. The number of aliphatic hydroxyl groups excluding tert-OH is 1. The molecule has 2 heterocycles. The van der Waals surface area contributed by atoms with E-state index in [9.17, 15) is 9.90 Å². The van der Waals surface area contributed by atoms with Gasteiger partial charge in [0, 0.05) is 25.8 Å². The molecule has 2 aromatic heterocycles. The van der Waals surface area contributed by atoms with Gasteiger partial charge in [-0.1, -0.05) is 0 Å². The number of H-pyrrole nitrogens is 1. The van der Waals surface area contributed by atoms with Crippen molar-refractivity contribution in [3.63, 3.8) is 0 Å². The first kappa shape index (κ1) is 11.7. The zero-order chi connectivity index (χ0) is 12.3. The van der Waals surface area contributed by atoms with Crippen molar-refractivity contribution in [3.8, 4) is 0 Å². The van der Waals surface area contributed by atoms with Gasteiger partial charge < -0.3 is 24.6 Å². The van der Waals surface area contributed by atoms with Gasteiger partial charge in [-0.25, -0.2) is 0 Å². The van der Waals surface area contributed by atoms with Gasteiger partial charge in [0.05, 0.1) is 24.5 Å². The van der Waals surface area contributed by atoms with E-state index < -0.39 is 6.10 Å². The molecule has 0 saturated heterocycles. The minimum Gasteiger partial charge on any atom is -0.463 e. The largest absolute Gasteiger partial charge is 0.463 e. The van der Waals surface area contributed by atoms with E-state index in [1.807, 2.05) is 0 Å². The van der Waals surface area contributed by atoms with E-state index >= 15 is 0 Å². The maximum absolute atomic E-state index is 11.7. The Morgan fingerprint density at radius 1 is 1.71 bits per heavy atom. The van der Waals surface area contributed by atoms with E-state index in [0.717, 1.165) is 5.52 Å². The molecular weight excluding hydrogens is 224 g/mol. The number of carbonyl (C=O) groups is 1. The molecule has 0 fully saturated rings. The molecule has 3 N–H and O–H groups in total. The number of carbonyl (C=O) groups excluding carboxylic acids is 1. The normalized spacial score (nSPS) is 12.8. The number of rotatable bonds is 5. The van der Waals surface area contributed by atoms with Crippen molar-refractivity contribution in [1.82, 2.24) is 10.3 Å². The van der Waals surface area contributed by atoms with Gasteiger partial charge in [0.1, 0.15) is 5.69 Å². The minimum absolute atomic E-state index is 0.146. The number of amides is 1. The Balaban J connectivity index is 1.94. The third-order valence-electron chi connectivity index (χ3n) is 2.34. The third kappa shape index (κ3) is 2.66. The Labute approximate surface area is 97.6 Å². The zero-order valence-corrected chi connectivity index (χ0v) is 9.40. The molecule has 1 unspecified atom stereocenters. The lowest BCUT2D eigenvalue weighted by Crippen LogP contribution is -2.34. The lowest BCUT2D eigenvalue weighted by molar-refractivity contribution is 0.0609. The van der Waals surface area contributed by atoms with Crippen LogP contribution in [0.15, 0.2) is 22.8 Å². The lowest BCUT2D eigenvalue weighted by Gasteiger charge is -2.09. The predicted octanol–water partition coefficient (Wildman–Crippen LogP) is 0.498. The molecule has 92 valence electrons. The topological polar surface area (TPSA) is 87.5 Å². The van der Waals surface area contributed by atoms with E-state index in [2.05, 4.69) is 10.3 Å². The van der Waals surface area contributed by atoms with Crippen LogP contribution >= 0.6 is 0 Å². The molecule has 0 spiro atoms. The van der Waals surface area contributed by atoms with Crippen LogP contribution in [0.3, 0.4) is 0 Å². The highest BCUT2D eigenvalue weighted by Crippen LogP contribution is 2.15. The van der Waals surface area contributed by atoms with Crippen molar-refractivity contribution in [3.05, 3.63) is 24.1 Å². The summed E-state index contributed by atoms with van der Waals surface area (Å²) in [6.45, 7) is 0.334. The number of aliphatic hydroxyl groups is 1. The average molecular weight is 238 g/mol. The van der Waals surface area contributed by atoms with Gasteiger partial charge in [0.25, 0.3) is 5.91 Å². The molecule has 6 heteroatoms. The van der Waals surface area contributed by atoms with E-state index in [4.69, 9.17) is 9.15 Å². The number of ether oxygens (including phenoxy) is 1. The maximum Gasteiger partial charge on any atom is 0.267 e. The molecule has 0 aliphatic rings. The number of hydrogen-bond donors (Lipinski definition) is 3. The van der Waals surface area contributed by atoms with Crippen LogP contribution in [0.5, 0.6) is 0 Å². The highest BCUT2D eigenvalue weighted by Gasteiger charge is 2.12. The highest BCUT2D eigenvalue weighted by molar-refractivity contribution is 5.96. The zero-order valence-electron chi connectivity index (χ0n) is 9.40. The molecule has 0 radical (unpaired) electrons. The summed E-state index contributed by atoms with van der Waals surface area (Å²) in [5.74, 6) is -0.286. The van der Waals surface area contributed by atoms with Crippen LogP contribution in [0, 0.1) is 0 Å². The van der Waals surface area contributed by atoms with Crippen molar-refractivity contribution >= 4 is 17.0 Å². The number of furan rings is 1. The summed E-state index contributed by atoms with van der Waals surface area (Å²) in [5, 5.41) is 12.0. The second-order valence-corrected chi connectivity index (χ2v) is 3.70. The fourth-order valence-electron chi connectivity index (χ4n) is 1.53. The lowest BCUT2D eigenvalue weighted by atomic mass is 10.3. The minimum atomic E-state index is -0.707. The smallest absolute Gasteiger partial charge is 0.267 e. The number of aromatic nitrogens is 1. The van der Waals surface area contributed by atoms with Crippen LogP contribution in [0.2, 0.25) is 0 Å². The maximum atomic E-state index is 11.7. The van der Waals surface area contributed by atoms with Gasteiger partial charge in [0.2, 0.25) is 0 Å². The molecule has 0 aliphatic heterocycles. The summed E-state index contributed by atoms with van der Waals surface area (Å²) in [6, 6.07) is 3.36. The van der Waals surface area contributed by atoms with Crippen LogP contribution in [0.25, 0.3) is 11.1 Å². The monoisotopic (exact) mass is 238 g/mol. The summed E-state index contributed by atoms with van der Waals surface area (Å²) in [7, 11) is 1.49. The number of fused-ring (bicyclic) bond motifs is 1. The van der Waals surface area contributed by atoms with Gasteiger partial charge >= 0.3 is 0 Å². The van der Waals surface area contributed by atoms with Crippen molar-refractivity contribution in [2.75, 3.05) is 20.3 Å². The van der Waals surface area contributed by atoms with Crippen LogP contribution in [0.1, 0.15) is 10.5 Å². The first-order chi connectivity index (χ1) is 8.20. The molecule has 2 rings (SSSR count). The molecule has 17 heavy (non-hydrogen) atoms. The summed E-state index contributed by atoms with van der Waals surface area (Å²) in [4.78, 5) is 14.6. The van der Waals surface area contributed by atoms with Gasteiger partial charge in [-0.05, 0) is 0 Å². The molecular formula is C11H14N2O4. The third-order valence-corrected chi connectivity index (χ3v) is 2.34. The standard InChI is InChI=1S/C11H14N2O4/c1-16-6-7(14)5-12-11(15)9-4-10-8(13-9)2-3-17-10/h2-4,7,13-14H,5-6H2,1H3,(H,12,15). The van der Waals surface area contributed by atoms with Crippen LogP contribution < -0.4 is 5.32 Å². The average Bonchev–Trinajstić information content (AvgIpc) is 2.86. The van der Waals surface area contributed by atoms with Crippen molar-refractivity contribution in [1.29, 1.82) is 0 Å². The molecule has 1 atom stereocenters. The van der Waals surface area contributed by atoms with Crippen molar-refractivity contribution in [2.24, 2.45) is 0 Å². The molecule has 0 aromatic carbocycles. The Morgan fingerprint density at radius 2 is 2.53 bits per heavy atom. The molecule has 6 nitrogen and oxygen atoms in total. The Bertz CT molecular complexity index is 474. The van der Waals surface area contributed by atoms with Gasteiger partial charge in [0.15, 0.2) is 5.58 Å². The Hall–Kier alpha value is -1.79. The predicted molar refractivity (Wildman–Crippen MR) is 60.8 cm³/mol. The van der Waals surface area contributed by atoms with Gasteiger partial charge in [-0.15, -0.1) is 0 Å². The van der Waals surface area contributed by atoms with E-state index in [1.54, 1.807) is 18.4 Å². The molecule has 1 amide bonds. The second-order valence-electron chi connectivity index (χ2n) is 3.70. The quantitative estimate of drug-likeness (QED) is 0.707.